The zero-order valence-electron chi connectivity index (χ0n) is 7.29. The molecule has 4 N–H and O–H groups in total. The molecular weight excluding hydrogens is 172 g/mol. The van der Waals surface area contributed by atoms with E-state index in [0.717, 1.165) is 0 Å². The van der Waals surface area contributed by atoms with Crippen molar-refractivity contribution in [3.63, 3.8) is 0 Å². The lowest BCUT2D eigenvalue weighted by molar-refractivity contribution is -0.120. The maximum Gasteiger partial charge on any atom is 0.234 e. The minimum Gasteiger partial charge on any atom is -0.394 e. The molecule has 0 rings (SSSR count). The number of aliphatic hydroxyl groups excluding tert-OH is 2. The van der Waals surface area contributed by atoms with E-state index >= 15 is 0 Å². The Morgan fingerprint density at radius 2 is 2.31 bits per heavy atom. The normalized spacial score (nSPS) is 11.8. The summed E-state index contributed by atoms with van der Waals surface area (Å²) in [6, 6.07) is 0. The first-order valence-electron chi connectivity index (χ1n) is 3.90. The van der Waals surface area contributed by atoms with Crippen LogP contribution in [-0.2, 0) is 4.79 Å². The second-order valence-electron chi connectivity index (χ2n) is 2.45. The Labute approximate surface area is 77.1 Å². The summed E-state index contributed by atoms with van der Waals surface area (Å²) in [5, 5.41) is 22.4. The van der Waals surface area contributed by atoms with Gasteiger partial charge in [-0.2, -0.15) is 0 Å². The molecular formula is C8H14N2O3. The summed E-state index contributed by atoms with van der Waals surface area (Å²) >= 11 is 0. The van der Waals surface area contributed by atoms with Crippen LogP contribution in [0.25, 0.3) is 0 Å². The van der Waals surface area contributed by atoms with Crippen LogP contribution in [0.4, 0.5) is 0 Å². The van der Waals surface area contributed by atoms with Crippen molar-refractivity contribution in [1.29, 1.82) is 0 Å². The fraction of sp³-hybridized carbons (Fsp3) is 0.625. The summed E-state index contributed by atoms with van der Waals surface area (Å²) in [6.45, 7) is 0.128. The van der Waals surface area contributed by atoms with E-state index < -0.39 is 6.10 Å². The zero-order valence-corrected chi connectivity index (χ0v) is 7.29. The van der Waals surface area contributed by atoms with Crippen molar-refractivity contribution in [3.05, 3.63) is 0 Å². The molecule has 13 heavy (non-hydrogen) atoms. The van der Waals surface area contributed by atoms with Gasteiger partial charge in [0.15, 0.2) is 0 Å². The van der Waals surface area contributed by atoms with Gasteiger partial charge in [0.05, 0.1) is 25.8 Å². The van der Waals surface area contributed by atoms with E-state index in [1.807, 2.05) is 0 Å². The minimum absolute atomic E-state index is 0.0487. The summed E-state index contributed by atoms with van der Waals surface area (Å²) in [6.07, 6.45) is 4.04. The van der Waals surface area contributed by atoms with Crippen molar-refractivity contribution in [2.24, 2.45) is 0 Å². The highest BCUT2D eigenvalue weighted by molar-refractivity contribution is 5.78. The highest BCUT2D eigenvalue weighted by Crippen LogP contribution is 1.76. The van der Waals surface area contributed by atoms with E-state index in [1.165, 1.54) is 0 Å². The molecule has 1 amide bonds. The van der Waals surface area contributed by atoms with Crippen LogP contribution < -0.4 is 10.6 Å². The minimum atomic E-state index is -0.906. The molecule has 0 aromatic heterocycles. The van der Waals surface area contributed by atoms with Crippen molar-refractivity contribution >= 4 is 5.91 Å². The summed E-state index contributed by atoms with van der Waals surface area (Å²) in [5.74, 6) is 2.06. The third kappa shape index (κ3) is 7.28. The van der Waals surface area contributed by atoms with Gasteiger partial charge in [0.25, 0.3) is 0 Å². The molecule has 0 spiro atoms. The van der Waals surface area contributed by atoms with Crippen molar-refractivity contribution in [2.75, 3.05) is 26.2 Å². The molecule has 0 aromatic carbocycles. The number of hydrogen-bond acceptors (Lipinski definition) is 4. The number of carbonyl (C=O) groups excluding carboxylic acids is 1. The Morgan fingerprint density at radius 1 is 1.62 bits per heavy atom. The second kappa shape index (κ2) is 7.55. The summed E-state index contributed by atoms with van der Waals surface area (Å²) < 4.78 is 0. The lowest BCUT2D eigenvalue weighted by Crippen LogP contribution is -2.39. The molecule has 0 fully saturated rings. The van der Waals surface area contributed by atoms with E-state index in [2.05, 4.69) is 16.6 Å². The maximum absolute atomic E-state index is 10.9. The number of amides is 1. The SMILES string of the molecule is C#CCNCC(=O)NCC(O)CO. The van der Waals surface area contributed by atoms with Gasteiger partial charge in [-0.15, -0.1) is 6.42 Å². The smallest absolute Gasteiger partial charge is 0.234 e. The first-order valence-corrected chi connectivity index (χ1v) is 3.90. The van der Waals surface area contributed by atoms with Crippen LogP contribution in [0.2, 0.25) is 0 Å². The van der Waals surface area contributed by atoms with Crippen LogP contribution in [0.1, 0.15) is 0 Å². The first kappa shape index (κ1) is 11.9. The molecule has 5 heteroatoms. The maximum atomic E-state index is 10.9. The van der Waals surface area contributed by atoms with Crippen LogP contribution >= 0.6 is 0 Å². The topological polar surface area (TPSA) is 81.6 Å². The largest absolute Gasteiger partial charge is 0.394 e. The highest BCUT2D eigenvalue weighted by atomic mass is 16.3. The Kier molecular flexibility index (Phi) is 6.92. The van der Waals surface area contributed by atoms with E-state index in [1.54, 1.807) is 0 Å². The fourth-order valence-corrected chi connectivity index (χ4v) is 0.607. The van der Waals surface area contributed by atoms with Crippen LogP contribution in [0.5, 0.6) is 0 Å². The average Bonchev–Trinajstić information content (AvgIpc) is 2.14. The van der Waals surface area contributed by atoms with Gasteiger partial charge >= 0.3 is 0 Å². The molecule has 0 radical (unpaired) electrons. The molecule has 0 aliphatic rings. The first-order chi connectivity index (χ1) is 6.20. The number of nitrogens with one attached hydrogen (secondary N) is 2. The number of carbonyl (C=O) groups is 1. The Morgan fingerprint density at radius 3 is 2.85 bits per heavy atom. The van der Waals surface area contributed by atoms with Crippen LogP contribution in [0.3, 0.4) is 0 Å². The van der Waals surface area contributed by atoms with Crippen molar-refractivity contribution in [3.8, 4) is 12.3 Å². The Bertz CT molecular complexity index is 188. The van der Waals surface area contributed by atoms with Crippen LogP contribution in [0, 0.1) is 12.3 Å². The van der Waals surface area contributed by atoms with Crippen LogP contribution in [0.15, 0.2) is 0 Å². The molecule has 5 nitrogen and oxygen atoms in total. The number of rotatable bonds is 6. The molecule has 74 valence electrons. The third-order valence-corrected chi connectivity index (χ3v) is 1.26. The van der Waals surface area contributed by atoms with E-state index in [0.29, 0.717) is 6.54 Å². The van der Waals surface area contributed by atoms with Crippen LogP contribution in [-0.4, -0.2) is 48.5 Å². The van der Waals surface area contributed by atoms with Crippen molar-refractivity contribution < 1.29 is 15.0 Å². The van der Waals surface area contributed by atoms with Gasteiger partial charge in [0, 0.05) is 6.54 Å². The van der Waals surface area contributed by atoms with E-state index in [9.17, 15) is 4.79 Å². The lowest BCUT2D eigenvalue weighted by atomic mass is 10.4. The number of terminal acetylenes is 1. The van der Waals surface area contributed by atoms with E-state index in [-0.39, 0.29) is 25.6 Å². The molecule has 0 bridgehead atoms. The van der Waals surface area contributed by atoms with Gasteiger partial charge in [-0.3, -0.25) is 10.1 Å². The van der Waals surface area contributed by atoms with Gasteiger partial charge in [0.2, 0.25) is 5.91 Å². The average molecular weight is 186 g/mol. The molecule has 0 aromatic rings. The van der Waals surface area contributed by atoms with Gasteiger partial charge < -0.3 is 15.5 Å². The standard InChI is InChI=1S/C8H14N2O3/c1-2-3-9-5-8(13)10-4-7(12)6-11/h1,7,9,11-12H,3-6H2,(H,10,13). The number of hydrogen-bond donors (Lipinski definition) is 4. The number of aliphatic hydroxyl groups is 2. The van der Waals surface area contributed by atoms with Crippen molar-refractivity contribution in [2.45, 2.75) is 6.10 Å². The molecule has 0 saturated carbocycles. The quantitative estimate of drug-likeness (QED) is 0.277. The summed E-state index contributed by atoms with van der Waals surface area (Å²) in [5.41, 5.74) is 0. The lowest BCUT2D eigenvalue weighted by Gasteiger charge is -2.08. The van der Waals surface area contributed by atoms with Gasteiger partial charge in [-0.1, -0.05) is 5.92 Å². The highest BCUT2D eigenvalue weighted by Gasteiger charge is 2.04. The van der Waals surface area contributed by atoms with E-state index in [4.69, 9.17) is 16.6 Å². The predicted molar refractivity (Wildman–Crippen MR) is 47.8 cm³/mol. The second-order valence-corrected chi connectivity index (χ2v) is 2.45. The monoisotopic (exact) mass is 186 g/mol. The zero-order chi connectivity index (χ0) is 10.1. The molecule has 0 aliphatic carbocycles. The third-order valence-electron chi connectivity index (χ3n) is 1.26. The van der Waals surface area contributed by atoms with Gasteiger partial charge in [-0.25, -0.2) is 0 Å². The van der Waals surface area contributed by atoms with Gasteiger partial charge in [0.1, 0.15) is 0 Å². The fourth-order valence-electron chi connectivity index (χ4n) is 0.607. The summed E-state index contributed by atoms with van der Waals surface area (Å²) in [7, 11) is 0. The Balaban J connectivity index is 3.36. The molecule has 1 unspecified atom stereocenters. The molecule has 0 heterocycles. The molecule has 0 aliphatic heterocycles. The van der Waals surface area contributed by atoms with Gasteiger partial charge in [-0.05, 0) is 0 Å². The van der Waals surface area contributed by atoms with Crippen molar-refractivity contribution in [1.82, 2.24) is 10.6 Å². The predicted octanol–water partition coefficient (Wildman–Crippen LogP) is -2.32. The molecule has 0 saturated heterocycles. The molecule has 1 atom stereocenters. The Hall–Kier alpha value is -1.09. The summed E-state index contributed by atoms with van der Waals surface area (Å²) in [4.78, 5) is 10.9.